The largest absolute Gasteiger partial charge is 0.508 e. The highest BCUT2D eigenvalue weighted by Gasteiger charge is 2.07. The topological polar surface area (TPSA) is 49.3 Å². The summed E-state index contributed by atoms with van der Waals surface area (Å²) in [4.78, 5) is 11.8. The molecule has 0 aliphatic carbocycles. The number of hydrogen-bond acceptors (Lipinski definition) is 2. The second-order valence-corrected chi connectivity index (χ2v) is 3.97. The van der Waals surface area contributed by atoms with Crippen LogP contribution in [0.3, 0.4) is 0 Å². The summed E-state index contributed by atoms with van der Waals surface area (Å²) < 4.78 is 13.3. The van der Waals surface area contributed by atoms with Crippen molar-refractivity contribution in [2.45, 2.75) is 6.92 Å². The van der Waals surface area contributed by atoms with Crippen LogP contribution in [0.1, 0.15) is 15.9 Å². The van der Waals surface area contributed by atoms with Crippen molar-refractivity contribution >= 4 is 11.6 Å². The molecule has 0 saturated carbocycles. The number of carbonyl (C=O) groups excluding carboxylic acids is 1. The third-order valence-electron chi connectivity index (χ3n) is 2.54. The predicted molar refractivity (Wildman–Crippen MR) is 67.2 cm³/mol. The van der Waals surface area contributed by atoms with Gasteiger partial charge in [0.25, 0.3) is 5.91 Å². The minimum absolute atomic E-state index is 0.0118. The molecular formula is C14H12FNO2. The maximum atomic E-state index is 13.3. The molecule has 0 radical (unpaired) electrons. The summed E-state index contributed by atoms with van der Waals surface area (Å²) >= 11 is 0. The summed E-state index contributed by atoms with van der Waals surface area (Å²) in [6.07, 6.45) is 0. The van der Waals surface area contributed by atoms with Gasteiger partial charge in [-0.1, -0.05) is 12.1 Å². The van der Waals surface area contributed by atoms with E-state index in [0.717, 1.165) is 0 Å². The fraction of sp³-hybridized carbons (Fsp3) is 0.0714. The first kappa shape index (κ1) is 12.1. The van der Waals surface area contributed by atoms with Crippen LogP contribution < -0.4 is 5.32 Å². The monoisotopic (exact) mass is 245 g/mol. The van der Waals surface area contributed by atoms with Gasteiger partial charge in [-0.05, 0) is 42.8 Å². The molecule has 2 aromatic rings. The summed E-state index contributed by atoms with van der Waals surface area (Å²) in [5.41, 5.74) is 1.22. The Morgan fingerprint density at radius 1 is 1.22 bits per heavy atom. The van der Waals surface area contributed by atoms with E-state index in [1.807, 2.05) is 0 Å². The maximum absolute atomic E-state index is 13.3. The number of nitrogens with one attached hydrogen (secondary N) is 1. The molecule has 3 nitrogen and oxygen atoms in total. The van der Waals surface area contributed by atoms with E-state index in [1.54, 1.807) is 31.2 Å². The van der Waals surface area contributed by atoms with Crippen molar-refractivity contribution < 1.29 is 14.3 Å². The van der Waals surface area contributed by atoms with Gasteiger partial charge in [-0.2, -0.15) is 0 Å². The van der Waals surface area contributed by atoms with Gasteiger partial charge in [0.05, 0.1) is 0 Å². The van der Waals surface area contributed by atoms with E-state index in [2.05, 4.69) is 5.32 Å². The van der Waals surface area contributed by atoms with Crippen LogP contribution in [-0.2, 0) is 0 Å². The highest BCUT2D eigenvalue weighted by atomic mass is 19.1. The van der Waals surface area contributed by atoms with Gasteiger partial charge in [0.1, 0.15) is 11.6 Å². The Labute approximate surface area is 104 Å². The van der Waals surface area contributed by atoms with Gasteiger partial charge in [0.2, 0.25) is 0 Å². The number of amides is 1. The van der Waals surface area contributed by atoms with Crippen molar-refractivity contribution in [3.8, 4) is 5.75 Å². The zero-order valence-corrected chi connectivity index (χ0v) is 9.77. The molecule has 4 heteroatoms. The Hall–Kier alpha value is -2.36. The maximum Gasteiger partial charge on any atom is 0.255 e. The number of hydrogen-bond donors (Lipinski definition) is 2. The molecule has 2 aromatic carbocycles. The number of aryl methyl sites for hydroxylation is 1. The number of aromatic hydroxyl groups is 1. The standard InChI is InChI=1S/C14H12FNO2/c1-9-5-6-11(8-13(9)15)16-14(18)10-3-2-4-12(17)7-10/h2-8,17H,1H3,(H,16,18). The Morgan fingerprint density at radius 3 is 2.67 bits per heavy atom. The van der Waals surface area contributed by atoms with Gasteiger partial charge in [-0.25, -0.2) is 4.39 Å². The van der Waals surface area contributed by atoms with Crippen molar-refractivity contribution in [3.05, 3.63) is 59.4 Å². The minimum atomic E-state index is -0.394. The van der Waals surface area contributed by atoms with E-state index < -0.39 is 5.91 Å². The number of anilines is 1. The molecular weight excluding hydrogens is 233 g/mol. The lowest BCUT2D eigenvalue weighted by Gasteiger charge is -2.06. The molecule has 2 rings (SSSR count). The molecule has 2 N–H and O–H groups in total. The first-order valence-corrected chi connectivity index (χ1v) is 5.43. The quantitative estimate of drug-likeness (QED) is 0.854. The first-order valence-electron chi connectivity index (χ1n) is 5.43. The lowest BCUT2D eigenvalue weighted by Crippen LogP contribution is -2.11. The van der Waals surface area contributed by atoms with Crippen molar-refractivity contribution in [2.75, 3.05) is 5.32 Å². The lowest BCUT2D eigenvalue weighted by molar-refractivity contribution is 0.102. The average Bonchev–Trinajstić information content (AvgIpc) is 2.34. The lowest BCUT2D eigenvalue weighted by atomic mass is 10.2. The molecule has 0 aliphatic rings. The molecule has 0 bridgehead atoms. The molecule has 0 aromatic heterocycles. The summed E-state index contributed by atoms with van der Waals surface area (Å²) in [6.45, 7) is 1.65. The fourth-order valence-electron chi connectivity index (χ4n) is 1.52. The molecule has 0 fully saturated rings. The van der Waals surface area contributed by atoms with Crippen molar-refractivity contribution in [1.29, 1.82) is 0 Å². The summed E-state index contributed by atoms with van der Waals surface area (Å²) in [7, 11) is 0. The zero-order chi connectivity index (χ0) is 13.1. The smallest absolute Gasteiger partial charge is 0.255 e. The van der Waals surface area contributed by atoms with Crippen molar-refractivity contribution in [3.63, 3.8) is 0 Å². The molecule has 0 heterocycles. The molecule has 0 aliphatic heterocycles. The van der Waals surface area contributed by atoms with Crippen LogP contribution in [-0.4, -0.2) is 11.0 Å². The normalized spacial score (nSPS) is 10.1. The number of carbonyl (C=O) groups is 1. The number of rotatable bonds is 2. The van der Waals surface area contributed by atoms with E-state index in [0.29, 0.717) is 16.8 Å². The number of benzene rings is 2. The molecule has 18 heavy (non-hydrogen) atoms. The van der Waals surface area contributed by atoms with Gasteiger partial charge in [0, 0.05) is 11.3 Å². The first-order chi connectivity index (χ1) is 8.56. The van der Waals surface area contributed by atoms with Crippen molar-refractivity contribution in [2.24, 2.45) is 0 Å². The fourth-order valence-corrected chi connectivity index (χ4v) is 1.52. The molecule has 1 amide bonds. The van der Waals surface area contributed by atoms with E-state index in [9.17, 15) is 14.3 Å². The third kappa shape index (κ3) is 2.66. The minimum Gasteiger partial charge on any atom is -0.508 e. The number of phenolic OH excluding ortho intramolecular Hbond substituents is 1. The summed E-state index contributed by atoms with van der Waals surface area (Å²) in [5.74, 6) is -0.754. The molecule has 0 saturated heterocycles. The summed E-state index contributed by atoms with van der Waals surface area (Å²) in [6, 6.07) is 10.4. The van der Waals surface area contributed by atoms with Crippen LogP contribution in [0.2, 0.25) is 0 Å². The Balaban J connectivity index is 2.18. The number of halogens is 1. The predicted octanol–water partition coefficient (Wildman–Crippen LogP) is 3.09. The molecule has 92 valence electrons. The Bertz CT molecular complexity index is 596. The molecule has 0 atom stereocenters. The van der Waals surface area contributed by atoms with Gasteiger partial charge < -0.3 is 10.4 Å². The zero-order valence-electron chi connectivity index (χ0n) is 9.77. The average molecular weight is 245 g/mol. The van der Waals surface area contributed by atoms with Crippen LogP contribution in [0.25, 0.3) is 0 Å². The molecule has 0 unspecified atom stereocenters. The van der Waals surface area contributed by atoms with Gasteiger partial charge >= 0.3 is 0 Å². The Kier molecular flexibility index (Phi) is 3.28. The van der Waals surface area contributed by atoms with Crippen molar-refractivity contribution in [1.82, 2.24) is 0 Å². The van der Waals surface area contributed by atoms with Crippen LogP contribution >= 0.6 is 0 Å². The van der Waals surface area contributed by atoms with Crippen LogP contribution in [0, 0.1) is 12.7 Å². The van der Waals surface area contributed by atoms with Gasteiger partial charge in [0.15, 0.2) is 0 Å². The molecule has 0 spiro atoms. The van der Waals surface area contributed by atoms with E-state index in [-0.39, 0.29) is 11.6 Å². The SMILES string of the molecule is Cc1ccc(NC(=O)c2cccc(O)c2)cc1F. The Morgan fingerprint density at radius 2 is 2.00 bits per heavy atom. The van der Waals surface area contributed by atoms with E-state index >= 15 is 0 Å². The second-order valence-electron chi connectivity index (χ2n) is 3.97. The second kappa shape index (κ2) is 4.87. The van der Waals surface area contributed by atoms with Gasteiger partial charge in [-0.15, -0.1) is 0 Å². The highest BCUT2D eigenvalue weighted by molar-refractivity contribution is 6.04. The van der Waals surface area contributed by atoms with Gasteiger partial charge in [-0.3, -0.25) is 4.79 Å². The van der Waals surface area contributed by atoms with Crippen LogP contribution in [0.5, 0.6) is 5.75 Å². The van der Waals surface area contributed by atoms with Crippen LogP contribution in [0.4, 0.5) is 10.1 Å². The highest BCUT2D eigenvalue weighted by Crippen LogP contribution is 2.16. The summed E-state index contributed by atoms with van der Waals surface area (Å²) in [5, 5.41) is 11.8. The number of phenols is 1. The third-order valence-corrected chi connectivity index (χ3v) is 2.54. The van der Waals surface area contributed by atoms with E-state index in [1.165, 1.54) is 18.2 Å². The van der Waals surface area contributed by atoms with Crippen LogP contribution in [0.15, 0.2) is 42.5 Å². The van der Waals surface area contributed by atoms with E-state index in [4.69, 9.17) is 0 Å².